The van der Waals surface area contributed by atoms with Crippen LogP contribution in [0.2, 0.25) is 0 Å². The molecule has 1 aromatic rings. The molecule has 0 saturated heterocycles. The van der Waals surface area contributed by atoms with Gasteiger partial charge in [-0.25, -0.2) is 4.99 Å². The molecule has 0 radical (unpaired) electrons. The second-order valence-electron chi connectivity index (χ2n) is 4.56. The molecule has 0 fully saturated rings. The molecule has 1 aliphatic rings. The Balaban J connectivity index is 2.25. The Morgan fingerprint density at radius 1 is 1.44 bits per heavy atom. The Labute approximate surface area is 95.8 Å². The van der Waals surface area contributed by atoms with Crippen molar-refractivity contribution in [2.24, 2.45) is 10.9 Å². The predicted molar refractivity (Wildman–Crippen MR) is 64.0 cm³/mol. The summed E-state index contributed by atoms with van der Waals surface area (Å²) in [6.07, 6.45) is 0. The van der Waals surface area contributed by atoms with Crippen LogP contribution >= 0.6 is 0 Å². The van der Waals surface area contributed by atoms with Crippen LogP contribution < -0.4 is 0 Å². The maximum Gasteiger partial charge on any atom is 0.216 e. The number of hydrogen-bond acceptors (Lipinski definition) is 3. The van der Waals surface area contributed by atoms with E-state index in [1.54, 1.807) is 6.07 Å². The van der Waals surface area contributed by atoms with Gasteiger partial charge in [0.25, 0.3) is 0 Å². The van der Waals surface area contributed by atoms with E-state index in [9.17, 15) is 5.11 Å². The Bertz CT molecular complexity index is 424. The van der Waals surface area contributed by atoms with Gasteiger partial charge in [0.15, 0.2) is 0 Å². The number of nitrogens with zero attached hydrogens (tertiary/aromatic N) is 1. The summed E-state index contributed by atoms with van der Waals surface area (Å²) in [5.41, 5.74) is 1.79. The lowest BCUT2D eigenvalue weighted by Crippen LogP contribution is -2.13. The Morgan fingerprint density at radius 2 is 2.19 bits per heavy atom. The van der Waals surface area contributed by atoms with Crippen molar-refractivity contribution in [2.45, 2.75) is 26.8 Å². The second-order valence-corrected chi connectivity index (χ2v) is 4.56. The molecule has 1 unspecified atom stereocenters. The highest BCUT2D eigenvalue weighted by atomic mass is 16.5. The molecule has 0 aliphatic carbocycles. The first-order valence-corrected chi connectivity index (χ1v) is 5.58. The minimum absolute atomic E-state index is 0.254. The smallest absolute Gasteiger partial charge is 0.216 e. The predicted octanol–water partition coefficient (Wildman–Crippen LogP) is 2.50. The molecular formula is C13H17NO2. The van der Waals surface area contributed by atoms with E-state index < -0.39 is 0 Å². The van der Waals surface area contributed by atoms with Crippen LogP contribution in [0.5, 0.6) is 5.75 Å². The van der Waals surface area contributed by atoms with E-state index in [1.807, 2.05) is 19.1 Å². The van der Waals surface area contributed by atoms with Gasteiger partial charge in [-0.2, -0.15) is 0 Å². The second kappa shape index (κ2) is 4.16. The van der Waals surface area contributed by atoms with Crippen LogP contribution in [0, 0.1) is 12.8 Å². The van der Waals surface area contributed by atoms with Crippen molar-refractivity contribution in [1.82, 2.24) is 0 Å². The fourth-order valence-corrected chi connectivity index (χ4v) is 1.68. The number of aryl methyl sites for hydroxylation is 1. The topological polar surface area (TPSA) is 41.8 Å². The van der Waals surface area contributed by atoms with E-state index in [0.29, 0.717) is 24.2 Å². The summed E-state index contributed by atoms with van der Waals surface area (Å²) in [4.78, 5) is 4.54. The minimum Gasteiger partial charge on any atom is -0.508 e. The van der Waals surface area contributed by atoms with Crippen molar-refractivity contribution in [3.05, 3.63) is 29.3 Å². The van der Waals surface area contributed by atoms with Gasteiger partial charge in [0.05, 0.1) is 6.04 Å². The highest BCUT2D eigenvalue weighted by molar-refractivity contribution is 5.95. The number of benzene rings is 1. The third-order valence-electron chi connectivity index (χ3n) is 2.89. The molecule has 2 rings (SSSR count). The molecule has 1 N–H and O–H groups in total. The fourth-order valence-electron chi connectivity index (χ4n) is 1.68. The van der Waals surface area contributed by atoms with Gasteiger partial charge in [-0.3, -0.25) is 0 Å². The van der Waals surface area contributed by atoms with Crippen molar-refractivity contribution < 1.29 is 9.84 Å². The number of rotatable bonds is 2. The number of aliphatic imine (C=N–C) groups is 1. The van der Waals surface area contributed by atoms with E-state index in [4.69, 9.17) is 4.74 Å². The lowest BCUT2D eigenvalue weighted by atomic mass is 10.1. The van der Waals surface area contributed by atoms with Crippen molar-refractivity contribution in [1.29, 1.82) is 0 Å². The molecule has 0 bridgehead atoms. The molecule has 1 atom stereocenters. The zero-order valence-electron chi connectivity index (χ0n) is 9.90. The van der Waals surface area contributed by atoms with Crippen LogP contribution in [0.15, 0.2) is 23.2 Å². The number of aromatic hydroxyl groups is 1. The Hall–Kier alpha value is -1.51. The molecule has 0 aromatic heterocycles. The molecule has 16 heavy (non-hydrogen) atoms. The largest absolute Gasteiger partial charge is 0.508 e. The van der Waals surface area contributed by atoms with E-state index in [-0.39, 0.29) is 6.04 Å². The third kappa shape index (κ3) is 2.03. The van der Waals surface area contributed by atoms with Gasteiger partial charge in [0.1, 0.15) is 12.4 Å². The van der Waals surface area contributed by atoms with Gasteiger partial charge in [0.2, 0.25) is 5.90 Å². The normalized spacial score (nSPS) is 19.8. The monoisotopic (exact) mass is 219 g/mol. The molecule has 1 heterocycles. The maximum absolute atomic E-state index is 9.45. The van der Waals surface area contributed by atoms with Crippen LogP contribution in [0.1, 0.15) is 25.0 Å². The average Bonchev–Trinajstić information content (AvgIpc) is 2.71. The fraction of sp³-hybridized carbons (Fsp3) is 0.462. The number of phenolic OH excluding ortho intramolecular Hbond substituents is 1. The van der Waals surface area contributed by atoms with E-state index >= 15 is 0 Å². The van der Waals surface area contributed by atoms with Crippen molar-refractivity contribution >= 4 is 5.90 Å². The van der Waals surface area contributed by atoms with Crippen LogP contribution in [0.4, 0.5) is 0 Å². The molecule has 0 spiro atoms. The van der Waals surface area contributed by atoms with E-state index in [2.05, 4.69) is 18.8 Å². The molecule has 1 aliphatic heterocycles. The molecular weight excluding hydrogens is 202 g/mol. The first kappa shape index (κ1) is 11.0. The van der Waals surface area contributed by atoms with Crippen LogP contribution in [-0.4, -0.2) is 23.7 Å². The highest BCUT2D eigenvalue weighted by Gasteiger charge is 2.22. The quantitative estimate of drug-likeness (QED) is 0.830. The molecule has 3 nitrogen and oxygen atoms in total. The number of hydrogen-bond donors (Lipinski definition) is 1. The van der Waals surface area contributed by atoms with Gasteiger partial charge in [-0.15, -0.1) is 0 Å². The third-order valence-corrected chi connectivity index (χ3v) is 2.89. The molecule has 0 saturated carbocycles. The summed E-state index contributed by atoms with van der Waals surface area (Å²) in [6, 6.07) is 5.67. The lowest BCUT2D eigenvalue weighted by Gasteiger charge is -2.06. The van der Waals surface area contributed by atoms with Crippen LogP contribution in [0.25, 0.3) is 0 Å². The Kier molecular flexibility index (Phi) is 2.86. The SMILES string of the molecule is Cc1cc(C2=NC(C(C)C)CO2)ccc1O. The van der Waals surface area contributed by atoms with Gasteiger partial charge in [0, 0.05) is 5.56 Å². The minimum atomic E-state index is 0.254. The Morgan fingerprint density at radius 3 is 2.75 bits per heavy atom. The van der Waals surface area contributed by atoms with Crippen molar-refractivity contribution in [3.63, 3.8) is 0 Å². The molecule has 86 valence electrons. The maximum atomic E-state index is 9.45. The van der Waals surface area contributed by atoms with E-state index in [0.717, 1.165) is 11.1 Å². The van der Waals surface area contributed by atoms with Gasteiger partial charge in [-0.1, -0.05) is 13.8 Å². The van der Waals surface area contributed by atoms with Crippen molar-refractivity contribution in [3.8, 4) is 5.75 Å². The van der Waals surface area contributed by atoms with Crippen LogP contribution in [-0.2, 0) is 4.74 Å². The molecule has 0 amide bonds. The summed E-state index contributed by atoms with van der Waals surface area (Å²) >= 11 is 0. The summed E-state index contributed by atoms with van der Waals surface area (Å²) < 4.78 is 5.58. The molecule has 1 aromatic carbocycles. The highest BCUT2D eigenvalue weighted by Crippen LogP contribution is 2.21. The standard InChI is InChI=1S/C13H17NO2/c1-8(2)11-7-16-13(14-11)10-4-5-12(15)9(3)6-10/h4-6,8,11,15H,7H2,1-3H3. The lowest BCUT2D eigenvalue weighted by molar-refractivity contribution is 0.292. The summed E-state index contributed by atoms with van der Waals surface area (Å²) in [7, 11) is 0. The number of phenols is 1. The summed E-state index contributed by atoms with van der Waals surface area (Å²) in [5, 5.41) is 9.45. The first-order chi connectivity index (χ1) is 7.58. The molecule has 3 heteroatoms. The zero-order chi connectivity index (χ0) is 11.7. The van der Waals surface area contributed by atoms with Crippen molar-refractivity contribution in [2.75, 3.05) is 6.61 Å². The summed E-state index contributed by atoms with van der Waals surface area (Å²) in [6.45, 7) is 6.81. The first-order valence-electron chi connectivity index (χ1n) is 5.58. The van der Waals surface area contributed by atoms with Gasteiger partial charge < -0.3 is 9.84 Å². The van der Waals surface area contributed by atoms with Crippen LogP contribution in [0.3, 0.4) is 0 Å². The average molecular weight is 219 g/mol. The van der Waals surface area contributed by atoms with Gasteiger partial charge >= 0.3 is 0 Å². The van der Waals surface area contributed by atoms with Gasteiger partial charge in [-0.05, 0) is 36.6 Å². The number of ether oxygens (including phenoxy) is 1. The van der Waals surface area contributed by atoms with E-state index in [1.165, 1.54) is 0 Å². The zero-order valence-corrected chi connectivity index (χ0v) is 9.90. The summed E-state index contributed by atoms with van der Waals surface area (Å²) in [5.74, 6) is 1.50.